The van der Waals surface area contributed by atoms with Gasteiger partial charge in [0.15, 0.2) is 0 Å². The van der Waals surface area contributed by atoms with Crippen LogP contribution in [-0.2, 0) is 5.60 Å². The number of pyridine rings is 1. The Labute approximate surface area is 187 Å². The van der Waals surface area contributed by atoms with Gasteiger partial charge < -0.3 is 19.9 Å². The molecule has 2 N–H and O–H groups in total. The minimum Gasteiger partial charge on any atom is -0.496 e. The van der Waals surface area contributed by atoms with E-state index in [1.165, 1.54) is 19.2 Å². The molecule has 2 heterocycles. The highest BCUT2D eigenvalue weighted by molar-refractivity contribution is 6.01. The minimum atomic E-state index is -3.18. The number of carbonyl (C=O) groups excluding carboxylic acids is 1. The number of methoxy groups -OCH3 is 1. The Kier molecular flexibility index (Phi) is 5.19. The zero-order valence-corrected chi connectivity index (χ0v) is 17.7. The van der Waals surface area contributed by atoms with E-state index in [1.807, 2.05) is 0 Å². The lowest BCUT2D eigenvalue weighted by Crippen LogP contribution is -2.33. The van der Waals surface area contributed by atoms with Crippen molar-refractivity contribution in [3.8, 4) is 22.8 Å². The van der Waals surface area contributed by atoms with E-state index in [1.54, 1.807) is 28.9 Å². The molecule has 2 aliphatic rings. The van der Waals surface area contributed by atoms with Gasteiger partial charge in [0.05, 0.1) is 30.6 Å². The number of benzene rings is 1. The van der Waals surface area contributed by atoms with Gasteiger partial charge in [0, 0.05) is 18.2 Å². The smallest absolute Gasteiger partial charge is 0.387 e. The van der Waals surface area contributed by atoms with Crippen molar-refractivity contribution in [1.82, 2.24) is 14.7 Å². The molecule has 0 bridgehead atoms. The van der Waals surface area contributed by atoms with Crippen molar-refractivity contribution in [3.63, 3.8) is 0 Å². The fourth-order valence-corrected chi connectivity index (χ4v) is 4.15. The molecular weight excluding hydrogens is 439 g/mol. The molecule has 10 heteroatoms. The molecule has 0 radical (unpaired) electrons. The minimum absolute atomic E-state index is 0.00653. The van der Waals surface area contributed by atoms with Crippen molar-refractivity contribution < 1.29 is 32.5 Å². The number of alkyl halides is 3. The number of carbonyl (C=O) groups is 1. The highest BCUT2D eigenvalue weighted by Crippen LogP contribution is 2.42. The maximum Gasteiger partial charge on any atom is 0.387 e. The van der Waals surface area contributed by atoms with Crippen LogP contribution in [0.4, 0.5) is 13.2 Å². The lowest BCUT2D eigenvalue weighted by Gasteiger charge is -2.37. The van der Waals surface area contributed by atoms with E-state index in [0.717, 1.165) is 12.0 Å². The van der Waals surface area contributed by atoms with Crippen LogP contribution in [0.25, 0.3) is 16.9 Å². The van der Waals surface area contributed by atoms with Crippen LogP contribution in [0, 0.1) is 0 Å². The first kappa shape index (κ1) is 21.6. The lowest BCUT2D eigenvalue weighted by molar-refractivity contribution is -0.0502. The maximum absolute atomic E-state index is 13.2. The number of imidazole rings is 1. The second-order valence-corrected chi connectivity index (χ2v) is 8.43. The summed E-state index contributed by atoms with van der Waals surface area (Å²) in [5, 5.41) is 13.1. The average Bonchev–Trinajstić information content (AvgIpc) is 3.28. The Morgan fingerprint density at radius 2 is 2.03 bits per heavy atom. The summed E-state index contributed by atoms with van der Waals surface area (Å²) in [7, 11) is 1.30. The van der Waals surface area contributed by atoms with Crippen LogP contribution in [0.15, 0.2) is 36.7 Å². The van der Waals surface area contributed by atoms with Crippen LogP contribution in [0.1, 0.15) is 41.6 Å². The van der Waals surface area contributed by atoms with E-state index < -0.39 is 30.3 Å². The van der Waals surface area contributed by atoms with Crippen LogP contribution >= 0.6 is 0 Å². The Hall–Kier alpha value is -3.27. The summed E-state index contributed by atoms with van der Waals surface area (Å²) in [6, 6.07) is 5.77. The van der Waals surface area contributed by atoms with E-state index >= 15 is 0 Å². The molecule has 0 aliphatic heterocycles. The second kappa shape index (κ2) is 7.95. The summed E-state index contributed by atoms with van der Waals surface area (Å²) in [4.78, 5) is 17.1. The van der Waals surface area contributed by atoms with Crippen LogP contribution < -0.4 is 14.8 Å². The van der Waals surface area contributed by atoms with Gasteiger partial charge in [-0.25, -0.2) is 9.37 Å². The largest absolute Gasteiger partial charge is 0.496 e. The molecule has 1 aromatic carbocycles. The number of nitrogens with one attached hydrogen (secondary N) is 1. The van der Waals surface area contributed by atoms with Gasteiger partial charge in [-0.05, 0) is 49.1 Å². The van der Waals surface area contributed by atoms with Crippen LogP contribution in [0.5, 0.6) is 11.5 Å². The monoisotopic (exact) mass is 461 g/mol. The zero-order chi connectivity index (χ0) is 23.3. The van der Waals surface area contributed by atoms with Crippen molar-refractivity contribution in [2.75, 3.05) is 7.11 Å². The average molecular weight is 461 g/mol. The fraction of sp³-hybridized carbons (Fsp3) is 0.391. The Morgan fingerprint density at radius 1 is 1.30 bits per heavy atom. The Balaban J connectivity index is 1.56. The molecule has 2 fully saturated rings. The maximum atomic E-state index is 13.2. The summed E-state index contributed by atoms with van der Waals surface area (Å²) >= 11 is 0. The normalized spacial score (nSPS) is 21.0. The first-order valence-electron chi connectivity index (χ1n) is 10.6. The molecule has 2 atom stereocenters. The summed E-state index contributed by atoms with van der Waals surface area (Å²) in [5.41, 5.74) is 1.25. The topological polar surface area (TPSA) is 85.1 Å². The Bertz CT molecular complexity index is 1230. The molecule has 174 valence electrons. The molecule has 2 aliphatic carbocycles. The highest BCUT2D eigenvalue weighted by atomic mass is 19.3. The second-order valence-electron chi connectivity index (χ2n) is 8.43. The van der Waals surface area contributed by atoms with Gasteiger partial charge in [0.1, 0.15) is 28.9 Å². The molecule has 0 saturated heterocycles. The van der Waals surface area contributed by atoms with Crippen LogP contribution in [-0.4, -0.2) is 46.3 Å². The molecule has 33 heavy (non-hydrogen) atoms. The highest BCUT2D eigenvalue weighted by Gasteiger charge is 2.40. The number of halogens is 3. The van der Waals surface area contributed by atoms with Crippen molar-refractivity contribution in [2.45, 2.75) is 50.1 Å². The molecule has 7 nitrogen and oxygen atoms in total. The van der Waals surface area contributed by atoms with E-state index in [4.69, 9.17) is 4.74 Å². The van der Waals surface area contributed by atoms with Gasteiger partial charge in [-0.1, -0.05) is 0 Å². The van der Waals surface area contributed by atoms with Gasteiger partial charge in [0.2, 0.25) is 0 Å². The van der Waals surface area contributed by atoms with E-state index in [0.29, 0.717) is 29.7 Å². The lowest BCUT2D eigenvalue weighted by atomic mass is 9.75. The van der Waals surface area contributed by atoms with Crippen LogP contribution in [0.2, 0.25) is 0 Å². The number of nitrogens with zero attached hydrogens (tertiary/aromatic N) is 2. The number of ether oxygens (including phenoxy) is 2. The number of amides is 1. The van der Waals surface area contributed by atoms with Crippen molar-refractivity contribution in [2.24, 2.45) is 0 Å². The Morgan fingerprint density at radius 3 is 2.64 bits per heavy atom. The third-order valence-electron chi connectivity index (χ3n) is 6.29. The molecular formula is C23H22F3N3O4. The van der Waals surface area contributed by atoms with Crippen LogP contribution in [0.3, 0.4) is 0 Å². The van der Waals surface area contributed by atoms with Gasteiger partial charge >= 0.3 is 6.61 Å². The molecule has 0 spiro atoms. The van der Waals surface area contributed by atoms with Crippen molar-refractivity contribution in [1.29, 1.82) is 0 Å². The predicted octanol–water partition coefficient (Wildman–Crippen LogP) is 3.82. The first-order valence-corrected chi connectivity index (χ1v) is 10.6. The zero-order valence-electron chi connectivity index (χ0n) is 17.7. The summed E-state index contributed by atoms with van der Waals surface area (Å²) < 4.78 is 51.3. The molecule has 1 amide bonds. The van der Waals surface area contributed by atoms with Crippen molar-refractivity contribution >= 4 is 11.6 Å². The summed E-state index contributed by atoms with van der Waals surface area (Å²) in [6.07, 6.45) is 4.67. The molecule has 2 aromatic heterocycles. The molecule has 2 saturated carbocycles. The number of aliphatic hydroxyl groups is 1. The standard InChI is InChI=1S/C23H22F3N3O4/c1-32-17-7-12(8-18(33-22(25)26)20(17)21(30)28-15-10-14(15)24)16-11-27-19-9-13(3-6-29(16)19)23(31)4-2-5-23/h3,6-9,11,14-15,22,31H,2,4-5,10H2,1H3,(H,28,30). The predicted molar refractivity (Wildman–Crippen MR) is 112 cm³/mol. The molecule has 5 rings (SSSR count). The molecule has 3 aromatic rings. The molecule has 2 unspecified atom stereocenters. The number of rotatable bonds is 7. The number of fused-ring (bicyclic) bond motifs is 1. The van der Waals surface area contributed by atoms with Gasteiger partial charge in [-0.15, -0.1) is 0 Å². The number of aromatic nitrogens is 2. The van der Waals surface area contributed by atoms with E-state index in [9.17, 15) is 23.1 Å². The van der Waals surface area contributed by atoms with Gasteiger partial charge in [-0.2, -0.15) is 8.78 Å². The third-order valence-corrected chi connectivity index (χ3v) is 6.29. The number of hydrogen-bond acceptors (Lipinski definition) is 5. The summed E-state index contributed by atoms with van der Waals surface area (Å²) in [6.45, 7) is -3.18. The van der Waals surface area contributed by atoms with Crippen molar-refractivity contribution in [3.05, 3.63) is 47.8 Å². The van der Waals surface area contributed by atoms with Gasteiger partial charge in [0.25, 0.3) is 5.91 Å². The van der Waals surface area contributed by atoms with E-state index in [-0.39, 0.29) is 23.5 Å². The van der Waals surface area contributed by atoms with E-state index in [2.05, 4.69) is 15.0 Å². The first-order chi connectivity index (χ1) is 15.8. The quantitative estimate of drug-likeness (QED) is 0.559. The fourth-order valence-electron chi connectivity index (χ4n) is 4.15. The van der Waals surface area contributed by atoms with Gasteiger partial charge in [-0.3, -0.25) is 9.20 Å². The third kappa shape index (κ3) is 3.88. The summed E-state index contributed by atoms with van der Waals surface area (Å²) in [5.74, 6) is -1.13. The number of hydrogen-bond donors (Lipinski definition) is 2. The SMILES string of the molecule is COc1cc(-c2cnc3cc(C4(O)CCC4)ccn23)cc(OC(F)F)c1C(=O)NC1CC1F.